The van der Waals surface area contributed by atoms with Crippen LogP contribution in [0.1, 0.15) is 18.4 Å². The molecule has 1 aliphatic rings. The SMILES string of the molecule is C#CCN(CC1CC1)S(=O)(=O)c1cc(F)c(Cl)c(CN)c1. The van der Waals surface area contributed by atoms with Crippen LogP contribution in [0.4, 0.5) is 4.39 Å². The standard InChI is InChI=1S/C14H16ClFN2O2S/c1-2-5-18(9-10-3-4-10)21(19,20)12-6-11(8-17)14(15)13(16)7-12/h1,6-7,10H,3-5,8-9,17H2. The van der Waals surface area contributed by atoms with Crippen LogP contribution in [0, 0.1) is 24.1 Å². The molecule has 1 saturated carbocycles. The van der Waals surface area contributed by atoms with Crippen molar-refractivity contribution in [2.24, 2.45) is 11.7 Å². The zero-order valence-electron chi connectivity index (χ0n) is 11.4. The third kappa shape index (κ3) is 3.55. The average molecular weight is 331 g/mol. The van der Waals surface area contributed by atoms with E-state index in [9.17, 15) is 12.8 Å². The van der Waals surface area contributed by atoms with Gasteiger partial charge in [0.15, 0.2) is 0 Å². The van der Waals surface area contributed by atoms with Gasteiger partial charge in [0.1, 0.15) is 5.82 Å². The molecule has 0 heterocycles. The molecular formula is C14H16ClFN2O2S. The van der Waals surface area contributed by atoms with Crippen molar-refractivity contribution in [2.75, 3.05) is 13.1 Å². The monoisotopic (exact) mass is 330 g/mol. The fourth-order valence-corrected chi connectivity index (χ4v) is 3.68. The third-order valence-corrected chi connectivity index (χ3v) is 5.57. The summed E-state index contributed by atoms with van der Waals surface area (Å²) in [5, 5.41) is -0.151. The van der Waals surface area contributed by atoms with Crippen LogP contribution >= 0.6 is 11.6 Å². The second kappa shape index (κ2) is 6.32. The predicted octanol–water partition coefficient (Wildman–Crippen LogP) is 1.97. The zero-order chi connectivity index (χ0) is 15.6. The third-order valence-electron chi connectivity index (χ3n) is 3.36. The summed E-state index contributed by atoms with van der Waals surface area (Å²) in [6.07, 6.45) is 7.21. The summed E-state index contributed by atoms with van der Waals surface area (Å²) < 4.78 is 40.2. The lowest BCUT2D eigenvalue weighted by Crippen LogP contribution is -2.33. The number of terminal acetylenes is 1. The molecule has 0 unspecified atom stereocenters. The molecule has 1 aliphatic carbocycles. The smallest absolute Gasteiger partial charge is 0.244 e. The van der Waals surface area contributed by atoms with Crippen molar-refractivity contribution in [2.45, 2.75) is 24.3 Å². The molecule has 0 saturated heterocycles. The van der Waals surface area contributed by atoms with Crippen molar-refractivity contribution in [3.05, 3.63) is 28.5 Å². The van der Waals surface area contributed by atoms with E-state index in [-0.39, 0.29) is 28.6 Å². The molecule has 0 aliphatic heterocycles. The van der Waals surface area contributed by atoms with E-state index in [0.717, 1.165) is 18.9 Å². The molecular weight excluding hydrogens is 315 g/mol. The van der Waals surface area contributed by atoms with Crippen molar-refractivity contribution in [1.29, 1.82) is 0 Å². The first-order valence-corrected chi connectivity index (χ1v) is 8.33. The van der Waals surface area contributed by atoms with E-state index in [0.29, 0.717) is 12.5 Å². The fraction of sp³-hybridized carbons (Fsp3) is 0.429. The van der Waals surface area contributed by atoms with Gasteiger partial charge >= 0.3 is 0 Å². The number of hydrogen-bond acceptors (Lipinski definition) is 3. The van der Waals surface area contributed by atoms with E-state index in [1.807, 2.05) is 0 Å². The molecule has 2 rings (SSSR count). The van der Waals surface area contributed by atoms with Gasteiger partial charge in [0.05, 0.1) is 16.5 Å². The van der Waals surface area contributed by atoms with Crippen molar-refractivity contribution in [1.82, 2.24) is 4.31 Å². The highest BCUT2D eigenvalue weighted by molar-refractivity contribution is 7.89. The minimum atomic E-state index is -3.85. The minimum Gasteiger partial charge on any atom is -0.326 e. The van der Waals surface area contributed by atoms with E-state index < -0.39 is 15.8 Å². The highest BCUT2D eigenvalue weighted by atomic mass is 35.5. The summed E-state index contributed by atoms with van der Waals surface area (Å²) in [5.74, 6) is 1.87. The van der Waals surface area contributed by atoms with Crippen molar-refractivity contribution in [3.63, 3.8) is 0 Å². The number of nitrogens with zero attached hydrogens (tertiary/aromatic N) is 1. The molecule has 21 heavy (non-hydrogen) atoms. The Labute approximate surface area is 129 Å². The van der Waals surface area contributed by atoms with Gasteiger partial charge in [-0.3, -0.25) is 0 Å². The van der Waals surface area contributed by atoms with E-state index in [2.05, 4.69) is 5.92 Å². The quantitative estimate of drug-likeness (QED) is 0.811. The second-order valence-corrected chi connectivity index (χ2v) is 7.34. The summed E-state index contributed by atoms with van der Waals surface area (Å²) in [5.41, 5.74) is 5.72. The number of nitrogens with two attached hydrogens (primary N) is 1. The maximum atomic E-state index is 13.8. The van der Waals surface area contributed by atoms with Gasteiger partial charge in [0.25, 0.3) is 0 Å². The predicted molar refractivity (Wildman–Crippen MR) is 79.6 cm³/mol. The van der Waals surface area contributed by atoms with E-state index in [4.69, 9.17) is 23.8 Å². The Bertz CT molecular complexity index is 681. The summed E-state index contributed by atoms with van der Waals surface area (Å²) in [7, 11) is -3.85. The summed E-state index contributed by atoms with van der Waals surface area (Å²) in [4.78, 5) is -0.166. The molecule has 0 atom stereocenters. The topological polar surface area (TPSA) is 63.4 Å². The van der Waals surface area contributed by atoms with Gasteiger partial charge in [0.2, 0.25) is 10.0 Å². The summed E-state index contributed by atoms with van der Waals surface area (Å²) >= 11 is 5.75. The van der Waals surface area contributed by atoms with Crippen LogP contribution < -0.4 is 5.73 Å². The Morgan fingerprint density at radius 3 is 2.67 bits per heavy atom. The lowest BCUT2D eigenvalue weighted by atomic mass is 10.2. The first-order chi connectivity index (χ1) is 9.90. The van der Waals surface area contributed by atoms with E-state index >= 15 is 0 Å². The Hall–Kier alpha value is -1.13. The average Bonchev–Trinajstić information content (AvgIpc) is 3.25. The lowest BCUT2D eigenvalue weighted by molar-refractivity contribution is 0.429. The van der Waals surface area contributed by atoms with Gasteiger partial charge in [0, 0.05) is 13.1 Å². The van der Waals surface area contributed by atoms with Crippen LogP contribution in [0.15, 0.2) is 17.0 Å². The maximum absolute atomic E-state index is 13.8. The van der Waals surface area contributed by atoms with Gasteiger partial charge in [-0.25, -0.2) is 12.8 Å². The van der Waals surface area contributed by atoms with Crippen molar-refractivity contribution < 1.29 is 12.8 Å². The van der Waals surface area contributed by atoms with Gasteiger partial charge in [-0.05, 0) is 36.5 Å². The van der Waals surface area contributed by atoms with Crippen LogP contribution in [0.25, 0.3) is 0 Å². The Balaban J connectivity index is 2.41. The van der Waals surface area contributed by atoms with E-state index in [1.54, 1.807) is 0 Å². The molecule has 7 heteroatoms. The van der Waals surface area contributed by atoms with Crippen LogP contribution in [-0.2, 0) is 16.6 Å². The lowest BCUT2D eigenvalue weighted by Gasteiger charge is -2.20. The normalized spacial score (nSPS) is 15.2. The fourth-order valence-electron chi connectivity index (χ4n) is 2.00. The molecule has 0 radical (unpaired) electrons. The zero-order valence-corrected chi connectivity index (χ0v) is 12.9. The molecule has 114 valence electrons. The van der Waals surface area contributed by atoms with E-state index in [1.165, 1.54) is 10.4 Å². The molecule has 4 nitrogen and oxygen atoms in total. The highest BCUT2D eigenvalue weighted by Gasteiger charge is 2.32. The Morgan fingerprint density at radius 2 is 2.14 bits per heavy atom. The molecule has 0 amide bonds. The summed E-state index contributed by atoms with van der Waals surface area (Å²) in [6, 6.07) is 2.21. The molecule has 1 aromatic carbocycles. The molecule has 0 aromatic heterocycles. The first-order valence-electron chi connectivity index (χ1n) is 6.51. The molecule has 1 fully saturated rings. The Kier molecular flexibility index (Phi) is 4.89. The second-order valence-electron chi connectivity index (χ2n) is 5.03. The number of rotatable bonds is 6. The molecule has 1 aromatic rings. The van der Waals surface area contributed by atoms with Crippen LogP contribution in [-0.4, -0.2) is 25.8 Å². The van der Waals surface area contributed by atoms with Crippen molar-refractivity contribution >= 4 is 21.6 Å². The van der Waals surface area contributed by atoms with Gasteiger partial charge in [-0.15, -0.1) is 6.42 Å². The first kappa shape index (κ1) is 16.2. The number of hydrogen-bond donors (Lipinski definition) is 1. The molecule has 0 bridgehead atoms. The van der Waals surface area contributed by atoms with Gasteiger partial charge in [-0.1, -0.05) is 17.5 Å². The van der Waals surface area contributed by atoms with Crippen LogP contribution in [0.5, 0.6) is 0 Å². The number of halogens is 2. The van der Waals surface area contributed by atoms with Gasteiger partial charge < -0.3 is 5.73 Å². The van der Waals surface area contributed by atoms with Crippen molar-refractivity contribution in [3.8, 4) is 12.3 Å². The van der Waals surface area contributed by atoms with Crippen LogP contribution in [0.3, 0.4) is 0 Å². The van der Waals surface area contributed by atoms with Gasteiger partial charge in [-0.2, -0.15) is 4.31 Å². The largest absolute Gasteiger partial charge is 0.326 e. The molecule has 2 N–H and O–H groups in total. The molecule has 0 spiro atoms. The van der Waals surface area contributed by atoms with Crippen LogP contribution in [0.2, 0.25) is 5.02 Å². The number of benzene rings is 1. The number of sulfonamides is 1. The maximum Gasteiger partial charge on any atom is 0.244 e. The summed E-state index contributed by atoms with van der Waals surface area (Å²) in [6.45, 7) is 0.270. The highest BCUT2D eigenvalue weighted by Crippen LogP contribution is 2.32. The minimum absolute atomic E-state index is 0.0406. The Morgan fingerprint density at radius 1 is 1.48 bits per heavy atom.